The lowest BCUT2D eigenvalue weighted by Gasteiger charge is -2.22. The molecule has 2 aromatic rings. The van der Waals surface area contributed by atoms with Crippen molar-refractivity contribution in [2.24, 2.45) is 10.7 Å². The van der Waals surface area contributed by atoms with E-state index in [1.54, 1.807) is 23.9 Å². The zero-order valence-electron chi connectivity index (χ0n) is 15.9. The Kier molecular flexibility index (Phi) is 10.2. The number of aliphatic imine (C=N–C) groups is 1. The van der Waals surface area contributed by atoms with Crippen LogP contribution in [0.25, 0.3) is 0 Å². The maximum atomic E-state index is 11.1. The number of rotatable bonds is 7. The third-order valence-electron chi connectivity index (χ3n) is 3.93. The van der Waals surface area contributed by atoms with Gasteiger partial charge >= 0.3 is 0 Å². The van der Waals surface area contributed by atoms with E-state index in [9.17, 15) is 4.79 Å². The number of benzene rings is 2. The molecule has 146 valence electrons. The van der Waals surface area contributed by atoms with Crippen molar-refractivity contribution in [1.29, 1.82) is 0 Å². The number of primary amides is 1. The molecule has 3 N–H and O–H groups in total. The van der Waals surface area contributed by atoms with Crippen LogP contribution < -0.4 is 11.1 Å². The summed E-state index contributed by atoms with van der Waals surface area (Å²) in [5.74, 6) is 0.432. The molecular weight excluding hydrogens is 471 g/mol. The van der Waals surface area contributed by atoms with E-state index in [1.807, 2.05) is 19.2 Å². The number of thioether (sulfide) groups is 1. The summed E-state index contributed by atoms with van der Waals surface area (Å²) in [5, 5.41) is 3.32. The summed E-state index contributed by atoms with van der Waals surface area (Å²) in [5.41, 5.74) is 8.05. The number of hydrogen-bond donors (Lipinski definition) is 2. The topological polar surface area (TPSA) is 70.7 Å². The third kappa shape index (κ3) is 7.42. The molecule has 1 amide bonds. The molecule has 0 aliphatic carbocycles. The van der Waals surface area contributed by atoms with Crippen molar-refractivity contribution in [3.05, 3.63) is 65.2 Å². The number of amides is 1. The molecular formula is C20H27IN4OS. The Morgan fingerprint density at radius 3 is 2.22 bits per heavy atom. The van der Waals surface area contributed by atoms with Gasteiger partial charge in [-0.05, 0) is 48.6 Å². The molecule has 0 spiro atoms. The van der Waals surface area contributed by atoms with Gasteiger partial charge in [-0.3, -0.25) is 4.79 Å². The quantitative estimate of drug-likeness (QED) is 0.264. The van der Waals surface area contributed by atoms with E-state index in [2.05, 4.69) is 47.7 Å². The van der Waals surface area contributed by atoms with Crippen molar-refractivity contribution >= 4 is 47.6 Å². The van der Waals surface area contributed by atoms with E-state index >= 15 is 0 Å². The van der Waals surface area contributed by atoms with Crippen molar-refractivity contribution in [3.63, 3.8) is 0 Å². The van der Waals surface area contributed by atoms with Crippen molar-refractivity contribution < 1.29 is 4.79 Å². The van der Waals surface area contributed by atoms with Gasteiger partial charge in [0.25, 0.3) is 0 Å². The Morgan fingerprint density at radius 1 is 1.11 bits per heavy atom. The number of carbonyl (C=O) groups excluding carboxylic acids is 1. The highest BCUT2D eigenvalue weighted by atomic mass is 127. The fraction of sp³-hybridized carbons (Fsp3) is 0.300. The normalized spacial score (nSPS) is 10.9. The van der Waals surface area contributed by atoms with Crippen LogP contribution in [0.3, 0.4) is 0 Å². The molecule has 0 bridgehead atoms. The molecule has 2 aromatic carbocycles. The standard InChI is InChI=1S/C20H26N4OS.HI/c1-4-22-20(23-13-15-5-9-17(10-6-15)19(21)25)24(2)14-16-7-11-18(26-3)12-8-16;/h5-12H,4,13-14H2,1-3H3,(H2,21,25)(H,22,23);1H. The monoisotopic (exact) mass is 498 g/mol. The van der Waals surface area contributed by atoms with Gasteiger partial charge < -0.3 is 16.0 Å². The van der Waals surface area contributed by atoms with Crippen molar-refractivity contribution in [1.82, 2.24) is 10.2 Å². The van der Waals surface area contributed by atoms with Crippen LogP contribution in [-0.2, 0) is 13.1 Å². The van der Waals surface area contributed by atoms with Gasteiger partial charge in [-0.15, -0.1) is 35.7 Å². The van der Waals surface area contributed by atoms with E-state index in [-0.39, 0.29) is 24.0 Å². The zero-order chi connectivity index (χ0) is 18.9. The first-order valence-corrected chi connectivity index (χ1v) is 9.77. The van der Waals surface area contributed by atoms with Crippen LogP contribution >= 0.6 is 35.7 Å². The Balaban J connectivity index is 0.00000364. The molecule has 0 fully saturated rings. The first-order valence-electron chi connectivity index (χ1n) is 8.54. The minimum Gasteiger partial charge on any atom is -0.366 e. The Bertz CT molecular complexity index is 748. The SMILES string of the molecule is CCNC(=NCc1ccc(C(N)=O)cc1)N(C)Cc1ccc(SC)cc1.I. The summed E-state index contributed by atoms with van der Waals surface area (Å²) in [7, 11) is 2.03. The molecule has 0 radical (unpaired) electrons. The molecule has 0 aliphatic rings. The predicted molar refractivity (Wildman–Crippen MR) is 125 cm³/mol. The van der Waals surface area contributed by atoms with E-state index in [1.165, 1.54) is 10.5 Å². The molecule has 7 heteroatoms. The van der Waals surface area contributed by atoms with Crippen molar-refractivity contribution in [3.8, 4) is 0 Å². The van der Waals surface area contributed by atoms with Crippen LogP contribution in [0.2, 0.25) is 0 Å². The second kappa shape index (κ2) is 11.9. The third-order valence-corrected chi connectivity index (χ3v) is 4.67. The highest BCUT2D eigenvalue weighted by Gasteiger charge is 2.07. The number of nitrogens with one attached hydrogen (secondary N) is 1. The van der Waals surface area contributed by atoms with Crippen LogP contribution in [0.1, 0.15) is 28.4 Å². The number of nitrogens with two attached hydrogens (primary N) is 1. The Labute approximate surface area is 182 Å². The number of hydrogen-bond acceptors (Lipinski definition) is 3. The summed E-state index contributed by atoms with van der Waals surface area (Å²) in [4.78, 5) is 19.2. The summed E-state index contributed by atoms with van der Waals surface area (Å²) < 4.78 is 0. The van der Waals surface area contributed by atoms with Crippen LogP contribution in [0, 0.1) is 0 Å². The Hall–Kier alpha value is -1.74. The van der Waals surface area contributed by atoms with E-state index in [0.29, 0.717) is 12.1 Å². The van der Waals surface area contributed by atoms with Gasteiger partial charge in [0.15, 0.2) is 5.96 Å². The Morgan fingerprint density at radius 2 is 1.70 bits per heavy atom. The minimum absolute atomic E-state index is 0. The molecule has 2 rings (SSSR count). The summed E-state index contributed by atoms with van der Waals surface area (Å²) >= 11 is 1.74. The molecule has 27 heavy (non-hydrogen) atoms. The average molecular weight is 498 g/mol. The number of halogens is 1. The second-order valence-corrected chi connectivity index (χ2v) is 6.82. The first kappa shape index (κ1) is 23.3. The number of guanidine groups is 1. The number of carbonyl (C=O) groups is 1. The van der Waals surface area contributed by atoms with Crippen LogP contribution in [0.15, 0.2) is 58.4 Å². The smallest absolute Gasteiger partial charge is 0.248 e. The van der Waals surface area contributed by atoms with E-state index in [4.69, 9.17) is 10.7 Å². The van der Waals surface area contributed by atoms with Gasteiger partial charge in [0.2, 0.25) is 5.91 Å². The lowest BCUT2D eigenvalue weighted by Crippen LogP contribution is -2.38. The van der Waals surface area contributed by atoms with Gasteiger partial charge in [-0.2, -0.15) is 0 Å². The van der Waals surface area contributed by atoms with Crippen molar-refractivity contribution in [2.75, 3.05) is 19.8 Å². The fourth-order valence-electron chi connectivity index (χ4n) is 2.49. The lowest BCUT2D eigenvalue weighted by atomic mass is 10.1. The van der Waals surface area contributed by atoms with Gasteiger partial charge in [-0.1, -0.05) is 24.3 Å². The average Bonchev–Trinajstić information content (AvgIpc) is 2.66. The molecule has 0 atom stereocenters. The van der Waals surface area contributed by atoms with Crippen LogP contribution in [0.4, 0.5) is 0 Å². The molecule has 0 aliphatic heterocycles. The predicted octanol–water partition coefficient (Wildman–Crippen LogP) is 3.72. The minimum atomic E-state index is -0.416. The van der Waals surface area contributed by atoms with Gasteiger partial charge in [0.05, 0.1) is 6.54 Å². The van der Waals surface area contributed by atoms with Gasteiger partial charge in [0, 0.05) is 30.6 Å². The molecule has 0 aromatic heterocycles. The maximum Gasteiger partial charge on any atom is 0.248 e. The van der Waals surface area contributed by atoms with Gasteiger partial charge in [0.1, 0.15) is 0 Å². The van der Waals surface area contributed by atoms with E-state index < -0.39 is 5.91 Å². The second-order valence-electron chi connectivity index (χ2n) is 5.94. The highest BCUT2D eigenvalue weighted by molar-refractivity contribution is 14.0. The fourth-order valence-corrected chi connectivity index (χ4v) is 2.90. The largest absolute Gasteiger partial charge is 0.366 e. The molecule has 0 heterocycles. The van der Waals surface area contributed by atoms with Crippen LogP contribution in [-0.4, -0.2) is 36.6 Å². The zero-order valence-corrected chi connectivity index (χ0v) is 19.1. The molecule has 0 saturated carbocycles. The lowest BCUT2D eigenvalue weighted by molar-refractivity contribution is 0.100. The van der Waals surface area contributed by atoms with Gasteiger partial charge in [-0.25, -0.2) is 4.99 Å². The molecule has 0 unspecified atom stereocenters. The highest BCUT2D eigenvalue weighted by Crippen LogP contribution is 2.15. The maximum absolute atomic E-state index is 11.1. The molecule has 0 saturated heterocycles. The van der Waals surface area contributed by atoms with E-state index in [0.717, 1.165) is 24.6 Å². The van der Waals surface area contributed by atoms with Crippen LogP contribution in [0.5, 0.6) is 0 Å². The molecule has 5 nitrogen and oxygen atoms in total. The summed E-state index contributed by atoms with van der Waals surface area (Å²) in [6.45, 7) is 4.17. The summed E-state index contributed by atoms with van der Waals surface area (Å²) in [6.07, 6.45) is 2.08. The first-order chi connectivity index (χ1) is 12.5. The summed E-state index contributed by atoms with van der Waals surface area (Å²) in [6, 6.07) is 15.8. The van der Waals surface area contributed by atoms with Crippen molar-refractivity contribution in [2.45, 2.75) is 24.9 Å². The number of nitrogens with zero attached hydrogens (tertiary/aromatic N) is 2.